The SMILES string of the molecule is [N-]=[N+]=NCCCCCCCCOc1ccccc1. The second-order valence-electron chi connectivity index (χ2n) is 4.24. The number of azide groups is 1. The van der Waals surface area contributed by atoms with Crippen molar-refractivity contribution in [2.24, 2.45) is 5.11 Å². The number of hydrogen-bond donors (Lipinski definition) is 0. The van der Waals surface area contributed by atoms with E-state index in [1.54, 1.807) is 0 Å². The molecule has 0 aliphatic heterocycles. The first-order valence-electron chi connectivity index (χ1n) is 6.62. The summed E-state index contributed by atoms with van der Waals surface area (Å²) in [6, 6.07) is 9.92. The van der Waals surface area contributed by atoms with Crippen LogP contribution in [0.5, 0.6) is 5.75 Å². The number of hydrogen-bond acceptors (Lipinski definition) is 2. The van der Waals surface area contributed by atoms with Gasteiger partial charge in [-0.3, -0.25) is 0 Å². The lowest BCUT2D eigenvalue weighted by Crippen LogP contribution is -1.96. The van der Waals surface area contributed by atoms with Crippen LogP contribution in [0.25, 0.3) is 10.4 Å². The molecule has 0 fully saturated rings. The lowest BCUT2D eigenvalue weighted by Gasteiger charge is -2.05. The minimum absolute atomic E-state index is 0.633. The molecule has 1 aromatic carbocycles. The summed E-state index contributed by atoms with van der Waals surface area (Å²) in [5.41, 5.74) is 8.10. The Hall–Kier alpha value is -1.67. The molecule has 0 atom stereocenters. The Labute approximate surface area is 109 Å². The van der Waals surface area contributed by atoms with E-state index in [-0.39, 0.29) is 0 Å². The number of unbranched alkanes of at least 4 members (excludes halogenated alkanes) is 5. The van der Waals surface area contributed by atoms with E-state index in [0.717, 1.165) is 31.6 Å². The predicted octanol–water partition coefficient (Wildman–Crippen LogP) is 4.72. The van der Waals surface area contributed by atoms with Crippen LogP contribution in [-0.4, -0.2) is 13.2 Å². The minimum atomic E-state index is 0.633. The van der Waals surface area contributed by atoms with Crippen molar-refractivity contribution in [3.8, 4) is 5.75 Å². The molecule has 0 bridgehead atoms. The Morgan fingerprint density at radius 1 is 0.944 bits per heavy atom. The van der Waals surface area contributed by atoms with Crippen LogP contribution < -0.4 is 4.74 Å². The van der Waals surface area contributed by atoms with E-state index in [1.165, 1.54) is 19.3 Å². The molecule has 0 amide bonds. The first kappa shape index (κ1) is 14.4. The van der Waals surface area contributed by atoms with Crippen LogP contribution in [0.1, 0.15) is 38.5 Å². The Morgan fingerprint density at radius 3 is 2.33 bits per heavy atom. The summed E-state index contributed by atoms with van der Waals surface area (Å²) in [5.74, 6) is 0.951. The maximum absolute atomic E-state index is 8.10. The van der Waals surface area contributed by atoms with Gasteiger partial charge in [0.1, 0.15) is 5.75 Å². The monoisotopic (exact) mass is 247 g/mol. The highest BCUT2D eigenvalue weighted by atomic mass is 16.5. The molecule has 0 aliphatic carbocycles. The van der Waals surface area contributed by atoms with Crippen LogP contribution in [0.15, 0.2) is 35.4 Å². The van der Waals surface area contributed by atoms with Crippen molar-refractivity contribution in [2.75, 3.05) is 13.2 Å². The Bertz CT molecular complexity index is 347. The molecule has 18 heavy (non-hydrogen) atoms. The van der Waals surface area contributed by atoms with Gasteiger partial charge in [0, 0.05) is 11.5 Å². The zero-order valence-corrected chi connectivity index (χ0v) is 10.8. The third kappa shape index (κ3) is 7.58. The second-order valence-corrected chi connectivity index (χ2v) is 4.24. The average Bonchev–Trinajstić information content (AvgIpc) is 2.42. The van der Waals surface area contributed by atoms with Gasteiger partial charge in [-0.15, -0.1) is 0 Å². The average molecular weight is 247 g/mol. The molecular weight excluding hydrogens is 226 g/mol. The maximum Gasteiger partial charge on any atom is 0.119 e. The number of para-hydroxylation sites is 1. The van der Waals surface area contributed by atoms with Crippen LogP contribution in [0, 0.1) is 0 Å². The Morgan fingerprint density at radius 2 is 1.61 bits per heavy atom. The second kappa shape index (κ2) is 10.5. The third-order valence-corrected chi connectivity index (χ3v) is 2.73. The third-order valence-electron chi connectivity index (χ3n) is 2.73. The summed E-state index contributed by atoms with van der Waals surface area (Å²) in [5, 5.41) is 3.51. The summed E-state index contributed by atoms with van der Waals surface area (Å²) in [6.07, 6.45) is 6.91. The molecule has 1 rings (SSSR count). The molecule has 4 heteroatoms. The lowest BCUT2D eigenvalue weighted by atomic mass is 10.1. The summed E-state index contributed by atoms with van der Waals surface area (Å²) in [7, 11) is 0. The number of rotatable bonds is 10. The highest BCUT2D eigenvalue weighted by molar-refractivity contribution is 5.20. The van der Waals surface area contributed by atoms with Crippen molar-refractivity contribution in [1.29, 1.82) is 0 Å². The van der Waals surface area contributed by atoms with Crippen LogP contribution in [0.4, 0.5) is 0 Å². The molecule has 0 unspecified atom stereocenters. The first-order chi connectivity index (χ1) is 8.93. The van der Waals surface area contributed by atoms with Crippen molar-refractivity contribution >= 4 is 0 Å². The van der Waals surface area contributed by atoms with Gasteiger partial charge in [-0.25, -0.2) is 0 Å². The van der Waals surface area contributed by atoms with Gasteiger partial charge >= 0.3 is 0 Å². The van der Waals surface area contributed by atoms with Crippen molar-refractivity contribution < 1.29 is 4.74 Å². The van der Waals surface area contributed by atoms with Crippen LogP contribution in [-0.2, 0) is 0 Å². The molecule has 0 spiro atoms. The summed E-state index contributed by atoms with van der Waals surface area (Å²) in [6.45, 7) is 1.43. The fraction of sp³-hybridized carbons (Fsp3) is 0.571. The highest BCUT2D eigenvalue weighted by Gasteiger charge is 1.93. The van der Waals surface area contributed by atoms with Gasteiger partial charge in [-0.1, -0.05) is 49.0 Å². The van der Waals surface area contributed by atoms with Gasteiger partial charge in [0.2, 0.25) is 0 Å². The van der Waals surface area contributed by atoms with Crippen LogP contribution in [0.2, 0.25) is 0 Å². The fourth-order valence-corrected chi connectivity index (χ4v) is 1.74. The van der Waals surface area contributed by atoms with Gasteiger partial charge in [0.05, 0.1) is 6.61 Å². The van der Waals surface area contributed by atoms with Crippen molar-refractivity contribution in [2.45, 2.75) is 38.5 Å². The minimum Gasteiger partial charge on any atom is -0.494 e. The summed E-state index contributed by atoms with van der Waals surface area (Å²) in [4.78, 5) is 2.73. The van der Waals surface area contributed by atoms with Gasteiger partial charge in [0.15, 0.2) is 0 Å². The highest BCUT2D eigenvalue weighted by Crippen LogP contribution is 2.10. The predicted molar refractivity (Wildman–Crippen MR) is 73.7 cm³/mol. The molecule has 0 saturated carbocycles. The van der Waals surface area contributed by atoms with E-state index in [4.69, 9.17) is 10.3 Å². The number of nitrogens with zero attached hydrogens (tertiary/aromatic N) is 3. The van der Waals surface area contributed by atoms with Crippen molar-refractivity contribution in [3.05, 3.63) is 40.8 Å². The first-order valence-corrected chi connectivity index (χ1v) is 6.62. The molecule has 98 valence electrons. The number of ether oxygens (including phenoxy) is 1. The summed E-state index contributed by atoms with van der Waals surface area (Å²) < 4.78 is 5.61. The Kier molecular flexibility index (Phi) is 8.38. The molecule has 4 nitrogen and oxygen atoms in total. The van der Waals surface area contributed by atoms with Crippen molar-refractivity contribution in [1.82, 2.24) is 0 Å². The molecule has 0 saturated heterocycles. The van der Waals surface area contributed by atoms with Gasteiger partial charge in [-0.2, -0.15) is 0 Å². The zero-order valence-electron chi connectivity index (χ0n) is 10.8. The van der Waals surface area contributed by atoms with E-state index >= 15 is 0 Å². The Balaban J connectivity index is 1.86. The smallest absolute Gasteiger partial charge is 0.119 e. The maximum atomic E-state index is 8.10. The topological polar surface area (TPSA) is 58.0 Å². The number of benzene rings is 1. The molecule has 0 radical (unpaired) electrons. The normalized spacial score (nSPS) is 9.78. The van der Waals surface area contributed by atoms with Gasteiger partial charge in [0.25, 0.3) is 0 Å². The van der Waals surface area contributed by atoms with Crippen molar-refractivity contribution in [3.63, 3.8) is 0 Å². The zero-order chi connectivity index (χ0) is 12.9. The largest absolute Gasteiger partial charge is 0.494 e. The summed E-state index contributed by atoms with van der Waals surface area (Å²) >= 11 is 0. The van der Waals surface area contributed by atoms with E-state index in [2.05, 4.69) is 10.0 Å². The molecule has 0 aliphatic rings. The standard InChI is InChI=1S/C14H21N3O/c15-17-16-12-8-3-1-2-4-9-13-18-14-10-6-5-7-11-14/h5-7,10-11H,1-4,8-9,12-13H2. The molecule has 1 aromatic rings. The van der Waals surface area contributed by atoms with Gasteiger partial charge < -0.3 is 4.74 Å². The molecule has 0 aromatic heterocycles. The van der Waals surface area contributed by atoms with E-state index in [9.17, 15) is 0 Å². The molecule has 0 N–H and O–H groups in total. The fourth-order valence-electron chi connectivity index (χ4n) is 1.74. The lowest BCUT2D eigenvalue weighted by molar-refractivity contribution is 0.304. The van der Waals surface area contributed by atoms with E-state index < -0.39 is 0 Å². The quantitative estimate of drug-likeness (QED) is 0.255. The molecular formula is C14H21N3O. The van der Waals surface area contributed by atoms with Crippen LogP contribution >= 0.6 is 0 Å². The van der Waals surface area contributed by atoms with E-state index in [1.807, 2.05) is 30.3 Å². The van der Waals surface area contributed by atoms with E-state index in [0.29, 0.717) is 6.54 Å². The van der Waals surface area contributed by atoms with Gasteiger partial charge in [-0.05, 0) is 30.5 Å². The molecule has 0 heterocycles. The van der Waals surface area contributed by atoms with Crippen LogP contribution in [0.3, 0.4) is 0 Å².